The predicted octanol–water partition coefficient (Wildman–Crippen LogP) is 0.964. The van der Waals surface area contributed by atoms with Crippen molar-refractivity contribution >= 4 is 11.8 Å². The third kappa shape index (κ3) is 3.26. The lowest BCUT2D eigenvalue weighted by Gasteiger charge is -2.38. The molecule has 0 unspecified atom stereocenters. The van der Waals surface area contributed by atoms with Gasteiger partial charge in [0.25, 0.3) is 0 Å². The molecule has 21 heavy (non-hydrogen) atoms. The van der Waals surface area contributed by atoms with Crippen LogP contribution in [0.3, 0.4) is 0 Å². The highest BCUT2D eigenvalue weighted by Gasteiger charge is 2.26. The number of piperazine rings is 1. The third-order valence-corrected chi connectivity index (χ3v) is 4.05. The Morgan fingerprint density at radius 3 is 2.33 bits per heavy atom. The second-order valence-electron chi connectivity index (χ2n) is 5.55. The van der Waals surface area contributed by atoms with Crippen LogP contribution in [0.5, 0.6) is 0 Å². The maximum Gasteiger partial charge on any atom is 0.320 e. The molecule has 3 rings (SSSR count). The van der Waals surface area contributed by atoms with E-state index in [2.05, 4.69) is 22.0 Å². The van der Waals surface area contributed by atoms with E-state index in [9.17, 15) is 4.79 Å². The van der Waals surface area contributed by atoms with Crippen LogP contribution in [-0.4, -0.2) is 73.3 Å². The molecule has 2 fully saturated rings. The first kappa shape index (κ1) is 14.1. The number of aromatic nitrogens is 1. The van der Waals surface area contributed by atoms with Crippen molar-refractivity contribution < 1.29 is 9.53 Å². The Hall–Kier alpha value is -1.82. The Labute approximate surface area is 125 Å². The number of anilines is 1. The normalized spacial score (nSPS) is 19.8. The fourth-order valence-corrected chi connectivity index (χ4v) is 2.73. The van der Waals surface area contributed by atoms with E-state index in [1.165, 1.54) is 5.56 Å². The van der Waals surface area contributed by atoms with Crippen LogP contribution in [-0.2, 0) is 4.74 Å². The van der Waals surface area contributed by atoms with Crippen LogP contribution in [0.15, 0.2) is 18.3 Å². The molecule has 0 radical (unpaired) electrons. The fraction of sp³-hybridized carbons (Fsp3) is 0.600. The van der Waals surface area contributed by atoms with Crippen LogP contribution in [0.2, 0.25) is 0 Å². The number of ether oxygens (including phenoxy) is 1. The van der Waals surface area contributed by atoms with Crippen molar-refractivity contribution in [3.05, 3.63) is 23.9 Å². The molecule has 114 valence electrons. The summed E-state index contributed by atoms with van der Waals surface area (Å²) in [5.74, 6) is 0.999. The second kappa shape index (κ2) is 6.30. The standard InChI is InChI=1S/C15H22N4O2/c1-13-2-3-14(16-12-13)17-4-6-18(7-5-17)15(20)19-8-10-21-11-9-19/h2-3,12H,4-11H2,1H3. The van der Waals surface area contributed by atoms with Crippen LogP contribution in [0.1, 0.15) is 5.56 Å². The molecule has 0 aromatic carbocycles. The highest BCUT2D eigenvalue weighted by Crippen LogP contribution is 2.15. The average Bonchev–Trinajstić information content (AvgIpc) is 2.56. The minimum atomic E-state index is 0.148. The molecule has 2 amide bonds. The smallest absolute Gasteiger partial charge is 0.320 e. The van der Waals surface area contributed by atoms with Crippen LogP contribution in [0, 0.1) is 6.92 Å². The molecule has 0 atom stereocenters. The van der Waals surface area contributed by atoms with E-state index in [-0.39, 0.29) is 6.03 Å². The number of hydrogen-bond donors (Lipinski definition) is 0. The number of pyridine rings is 1. The number of amides is 2. The van der Waals surface area contributed by atoms with E-state index < -0.39 is 0 Å². The van der Waals surface area contributed by atoms with Crippen molar-refractivity contribution in [2.45, 2.75) is 6.92 Å². The molecule has 6 nitrogen and oxygen atoms in total. The zero-order chi connectivity index (χ0) is 14.7. The van der Waals surface area contributed by atoms with Gasteiger partial charge in [-0.2, -0.15) is 0 Å². The number of rotatable bonds is 1. The molecule has 0 bridgehead atoms. The molecule has 0 saturated carbocycles. The Morgan fingerprint density at radius 2 is 1.71 bits per heavy atom. The molecule has 2 aliphatic rings. The van der Waals surface area contributed by atoms with Crippen molar-refractivity contribution in [3.8, 4) is 0 Å². The number of hydrogen-bond acceptors (Lipinski definition) is 4. The van der Waals surface area contributed by atoms with E-state index in [1.54, 1.807) is 0 Å². The van der Waals surface area contributed by atoms with Crippen LogP contribution >= 0.6 is 0 Å². The van der Waals surface area contributed by atoms with Gasteiger partial charge >= 0.3 is 6.03 Å². The summed E-state index contributed by atoms with van der Waals surface area (Å²) in [6, 6.07) is 4.28. The van der Waals surface area contributed by atoms with Gasteiger partial charge in [-0.1, -0.05) is 6.07 Å². The second-order valence-corrected chi connectivity index (χ2v) is 5.55. The summed E-state index contributed by atoms with van der Waals surface area (Å²) >= 11 is 0. The number of carbonyl (C=O) groups excluding carboxylic acids is 1. The first-order valence-corrected chi connectivity index (χ1v) is 7.53. The van der Waals surface area contributed by atoms with Gasteiger partial charge in [0.1, 0.15) is 5.82 Å². The van der Waals surface area contributed by atoms with E-state index in [0.717, 1.165) is 32.0 Å². The molecule has 2 saturated heterocycles. The zero-order valence-corrected chi connectivity index (χ0v) is 12.5. The monoisotopic (exact) mass is 290 g/mol. The molecular weight excluding hydrogens is 268 g/mol. The van der Waals surface area contributed by atoms with Gasteiger partial charge in [-0.25, -0.2) is 9.78 Å². The first-order valence-electron chi connectivity index (χ1n) is 7.53. The number of aryl methyl sites for hydroxylation is 1. The zero-order valence-electron chi connectivity index (χ0n) is 12.5. The molecule has 0 N–H and O–H groups in total. The lowest BCUT2D eigenvalue weighted by atomic mass is 10.2. The van der Waals surface area contributed by atoms with Crippen molar-refractivity contribution in [1.82, 2.24) is 14.8 Å². The van der Waals surface area contributed by atoms with E-state index in [1.807, 2.05) is 22.9 Å². The predicted molar refractivity (Wildman–Crippen MR) is 80.5 cm³/mol. The van der Waals surface area contributed by atoms with Crippen molar-refractivity contribution in [3.63, 3.8) is 0 Å². The number of urea groups is 1. The minimum absolute atomic E-state index is 0.148. The molecule has 1 aromatic heterocycles. The molecule has 1 aromatic rings. The molecular formula is C15H22N4O2. The number of carbonyl (C=O) groups is 1. The molecule has 0 spiro atoms. The summed E-state index contributed by atoms with van der Waals surface area (Å²) in [6.45, 7) is 7.95. The molecule has 6 heteroatoms. The maximum atomic E-state index is 12.4. The summed E-state index contributed by atoms with van der Waals surface area (Å²) < 4.78 is 5.29. The van der Waals surface area contributed by atoms with Crippen LogP contribution in [0.4, 0.5) is 10.6 Å². The van der Waals surface area contributed by atoms with Gasteiger partial charge in [0.15, 0.2) is 0 Å². The highest BCUT2D eigenvalue weighted by atomic mass is 16.5. The lowest BCUT2D eigenvalue weighted by Crippen LogP contribution is -2.55. The molecule has 3 heterocycles. The maximum absolute atomic E-state index is 12.4. The Kier molecular flexibility index (Phi) is 4.24. The largest absolute Gasteiger partial charge is 0.378 e. The molecule has 2 aliphatic heterocycles. The summed E-state index contributed by atoms with van der Waals surface area (Å²) in [6.07, 6.45) is 1.89. The molecule has 0 aliphatic carbocycles. The quantitative estimate of drug-likeness (QED) is 0.773. The van der Waals surface area contributed by atoms with Crippen LogP contribution < -0.4 is 4.90 Å². The van der Waals surface area contributed by atoms with Gasteiger partial charge in [-0.3, -0.25) is 0 Å². The van der Waals surface area contributed by atoms with E-state index in [0.29, 0.717) is 26.3 Å². The Balaban J connectivity index is 1.54. The topological polar surface area (TPSA) is 48.9 Å². The minimum Gasteiger partial charge on any atom is -0.378 e. The summed E-state index contributed by atoms with van der Waals surface area (Å²) in [4.78, 5) is 22.9. The van der Waals surface area contributed by atoms with E-state index >= 15 is 0 Å². The van der Waals surface area contributed by atoms with Gasteiger partial charge in [0.05, 0.1) is 13.2 Å². The van der Waals surface area contributed by atoms with Crippen molar-refractivity contribution in [1.29, 1.82) is 0 Å². The van der Waals surface area contributed by atoms with Gasteiger partial charge in [-0.15, -0.1) is 0 Å². The van der Waals surface area contributed by atoms with E-state index in [4.69, 9.17) is 4.74 Å². The lowest BCUT2D eigenvalue weighted by molar-refractivity contribution is 0.0428. The van der Waals surface area contributed by atoms with Gasteiger partial charge in [0, 0.05) is 45.5 Å². The first-order chi connectivity index (χ1) is 10.2. The summed E-state index contributed by atoms with van der Waals surface area (Å²) in [7, 11) is 0. The average molecular weight is 290 g/mol. The van der Waals surface area contributed by atoms with Crippen molar-refractivity contribution in [2.75, 3.05) is 57.4 Å². The Morgan fingerprint density at radius 1 is 1.05 bits per heavy atom. The van der Waals surface area contributed by atoms with Gasteiger partial charge in [0.2, 0.25) is 0 Å². The van der Waals surface area contributed by atoms with Gasteiger partial charge < -0.3 is 19.4 Å². The van der Waals surface area contributed by atoms with Gasteiger partial charge in [-0.05, 0) is 18.6 Å². The van der Waals surface area contributed by atoms with Crippen LogP contribution in [0.25, 0.3) is 0 Å². The third-order valence-electron chi connectivity index (χ3n) is 4.05. The number of nitrogens with zero attached hydrogens (tertiary/aromatic N) is 4. The summed E-state index contributed by atoms with van der Waals surface area (Å²) in [5, 5.41) is 0. The fourth-order valence-electron chi connectivity index (χ4n) is 2.73. The van der Waals surface area contributed by atoms with Crippen molar-refractivity contribution in [2.24, 2.45) is 0 Å². The summed E-state index contributed by atoms with van der Waals surface area (Å²) in [5.41, 5.74) is 1.17. The highest BCUT2D eigenvalue weighted by molar-refractivity contribution is 5.75. The Bertz CT molecular complexity index is 477. The number of morpholine rings is 1. The SMILES string of the molecule is Cc1ccc(N2CCN(C(=O)N3CCOCC3)CC2)nc1.